The van der Waals surface area contributed by atoms with E-state index in [0.717, 1.165) is 0 Å². The van der Waals surface area contributed by atoms with Gasteiger partial charge >= 0.3 is 12.0 Å². The van der Waals surface area contributed by atoms with Crippen molar-refractivity contribution in [3.63, 3.8) is 0 Å². The third-order valence-corrected chi connectivity index (χ3v) is 4.50. The second kappa shape index (κ2) is 9.56. The van der Waals surface area contributed by atoms with Crippen LogP contribution < -0.4 is 5.32 Å². The van der Waals surface area contributed by atoms with Crippen LogP contribution in [0.15, 0.2) is 49.6 Å². The monoisotopic (exact) mass is 371 g/mol. The van der Waals surface area contributed by atoms with Crippen molar-refractivity contribution in [2.24, 2.45) is 5.92 Å². The van der Waals surface area contributed by atoms with Gasteiger partial charge in [-0.05, 0) is 37.1 Å². The van der Waals surface area contributed by atoms with Gasteiger partial charge in [0.15, 0.2) is 0 Å². The first-order chi connectivity index (χ1) is 13.0. The highest BCUT2D eigenvalue weighted by molar-refractivity contribution is 5.95. The number of hydrogen-bond acceptors (Lipinski definition) is 3. The van der Waals surface area contributed by atoms with Gasteiger partial charge in [-0.15, -0.1) is 13.2 Å². The number of aliphatic carboxylic acids is 1. The quantitative estimate of drug-likeness (QED) is 0.721. The predicted molar refractivity (Wildman–Crippen MR) is 104 cm³/mol. The van der Waals surface area contributed by atoms with E-state index < -0.39 is 5.97 Å². The number of carbonyl (C=O) groups is 3. The zero-order chi connectivity index (χ0) is 19.8. The summed E-state index contributed by atoms with van der Waals surface area (Å²) in [5.41, 5.74) is 1.09. The summed E-state index contributed by atoms with van der Waals surface area (Å²) in [6.45, 7) is 8.98. The lowest BCUT2D eigenvalue weighted by Gasteiger charge is -2.30. The maximum Gasteiger partial charge on any atom is 0.321 e. The Balaban J connectivity index is 1.94. The largest absolute Gasteiger partial charge is 0.481 e. The van der Waals surface area contributed by atoms with Crippen LogP contribution in [0.3, 0.4) is 0 Å². The molecule has 1 heterocycles. The molecule has 3 amide bonds. The number of carbonyl (C=O) groups excluding carboxylic acids is 2. The van der Waals surface area contributed by atoms with Gasteiger partial charge in [0.2, 0.25) is 0 Å². The smallest absolute Gasteiger partial charge is 0.321 e. The molecule has 1 aromatic carbocycles. The van der Waals surface area contributed by atoms with Gasteiger partial charge in [-0.3, -0.25) is 9.59 Å². The van der Waals surface area contributed by atoms with Crippen LogP contribution in [0.25, 0.3) is 0 Å². The highest BCUT2D eigenvalue weighted by Gasteiger charge is 2.27. The van der Waals surface area contributed by atoms with Crippen molar-refractivity contribution >= 4 is 23.6 Å². The molecule has 0 radical (unpaired) electrons. The molecule has 0 aromatic heterocycles. The van der Waals surface area contributed by atoms with E-state index in [2.05, 4.69) is 18.5 Å². The molecule has 144 valence electrons. The molecule has 0 unspecified atom stereocenters. The minimum atomic E-state index is -0.808. The molecule has 2 rings (SSSR count). The Morgan fingerprint density at radius 1 is 1.11 bits per heavy atom. The number of amides is 3. The number of anilines is 1. The van der Waals surface area contributed by atoms with Crippen LogP contribution in [0, 0.1) is 5.92 Å². The minimum absolute atomic E-state index is 0.136. The first-order valence-electron chi connectivity index (χ1n) is 8.86. The maximum absolute atomic E-state index is 12.5. The zero-order valence-corrected chi connectivity index (χ0v) is 15.3. The SMILES string of the molecule is C=CCN(CC=C)C(=O)c1ccc(NC(=O)N2CCC(C(=O)O)CC2)cc1. The van der Waals surface area contributed by atoms with Crippen molar-refractivity contribution in [2.75, 3.05) is 31.5 Å². The molecule has 0 atom stereocenters. The van der Waals surface area contributed by atoms with E-state index in [0.29, 0.717) is 50.3 Å². The maximum atomic E-state index is 12.5. The van der Waals surface area contributed by atoms with E-state index in [4.69, 9.17) is 5.11 Å². The van der Waals surface area contributed by atoms with Crippen molar-refractivity contribution in [1.82, 2.24) is 9.80 Å². The van der Waals surface area contributed by atoms with Gasteiger partial charge in [0.1, 0.15) is 0 Å². The van der Waals surface area contributed by atoms with Gasteiger partial charge in [0, 0.05) is 37.4 Å². The van der Waals surface area contributed by atoms with Gasteiger partial charge in [-0.1, -0.05) is 12.2 Å². The molecule has 2 N–H and O–H groups in total. The molecule has 1 aliphatic heterocycles. The zero-order valence-electron chi connectivity index (χ0n) is 15.3. The molecule has 7 heteroatoms. The Hall–Kier alpha value is -3.09. The molecule has 0 spiro atoms. The lowest BCUT2D eigenvalue weighted by Crippen LogP contribution is -2.42. The number of urea groups is 1. The molecule has 1 aromatic rings. The van der Waals surface area contributed by atoms with Crippen LogP contribution in [0.1, 0.15) is 23.2 Å². The van der Waals surface area contributed by atoms with E-state index in [1.54, 1.807) is 46.2 Å². The molecule has 0 aliphatic carbocycles. The minimum Gasteiger partial charge on any atom is -0.481 e. The Bertz CT molecular complexity index is 696. The number of likely N-dealkylation sites (tertiary alicyclic amines) is 1. The Morgan fingerprint density at radius 2 is 1.67 bits per heavy atom. The molecule has 0 bridgehead atoms. The first-order valence-corrected chi connectivity index (χ1v) is 8.86. The molecule has 7 nitrogen and oxygen atoms in total. The van der Waals surface area contributed by atoms with Crippen molar-refractivity contribution in [1.29, 1.82) is 0 Å². The number of benzene rings is 1. The third kappa shape index (κ3) is 5.44. The summed E-state index contributed by atoms with van der Waals surface area (Å²) in [6, 6.07) is 6.41. The fourth-order valence-corrected chi connectivity index (χ4v) is 2.96. The van der Waals surface area contributed by atoms with Gasteiger partial charge in [-0.25, -0.2) is 4.79 Å². The summed E-state index contributed by atoms with van der Waals surface area (Å²) in [5, 5.41) is 11.8. The first kappa shape index (κ1) is 20.2. The number of hydrogen-bond donors (Lipinski definition) is 2. The van der Waals surface area contributed by atoms with Crippen molar-refractivity contribution in [2.45, 2.75) is 12.8 Å². The van der Waals surface area contributed by atoms with Gasteiger partial charge in [-0.2, -0.15) is 0 Å². The molecule has 0 saturated carbocycles. The van der Waals surface area contributed by atoms with Gasteiger partial charge in [0.25, 0.3) is 5.91 Å². The van der Waals surface area contributed by atoms with E-state index in [1.165, 1.54) is 0 Å². The third-order valence-electron chi connectivity index (χ3n) is 4.50. The lowest BCUT2D eigenvalue weighted by molar-refractivity contribution is -0.143. The van der Waals surface area contributed by atoms with Crippen molar-refractivity contribution in [3.05, 3.63) is 55.1 Å². The van der Waals surface area contributed by atoms with Crippen molar-refractivity contribution < 1.29 is 19.5 Å². The van der Waals surface area contributed by atoms with E-state index in [9.17, 15) is 14.4 Å². The fourth-order valence-electron chi connectivity index (χ4n) is 2.96. The van der Waals surface area contributed by atoms with Crippen LogP contribution in [-0.2, 0) is 4.79 Å². The van der Waals surface area contributed by atoms with Crippen LogP contribution in [0.5, 0.6) is 0 Å². The summed E-state index contributed by atoms with van der Waals surface area (Å²) >= 11 is 0. The van der Waals surface area contributed by atoms with E-state index in [1.807, 2.05) is 0 Å². The summed E-state index contributed by atoms with van der Waals surface area (Å²) in [6.07, 6.45) is 4.23. The molecule has 1 aliphatic rings. The fraction of sp³-hybridized carbons (Fsp3) is 0.350. The topological polar surface area (TPSA) is 90.0 Å². The number of carboxylic acid groups (broad SMARTS) is 1. The number of nitrogens with one attached hydrogen (secondary N) is 1. The highest BCUT2D eigenvalue weighted by Crippen LogP contribution is 2.19. The highest BCUT2D eigenvalue weighted by atomic mass is 16.4. The Labute approximate surface area is 159 Å². The molecular weight excluding hydrogens is 346 g/mol. The Morgan fingerprint density at radius 3 is 2.15 bits per heavy atom. The normalized spacial score (nSPS) is 14.3. The average molecular weight is 371 g/mol. The number of rotatable bonds is 7. The number of piperidine rings is 1. The summed E-state index contributed by atoms with van der Waals surface area (Å²) in [7, 11) is 0. The predicted octanol–water partition coefficient (Wildman–Crippen LogP) is 2.83. The van der Waals surface area contributed by atoms with Crippen molar-refractivity contribution in [3.8, 4) is 0 Å². The molecule has 27 heavy (non-hydrogen) atoms. The summed E-state index contributed by atoms with van der Waals surface area (Å²) < 4.78 is 0. The van der Waals surface area contributed by atoms with E-state index >= 15 is 0 Å². The standard InChI is InChI=1S/C20H25N3O4/c1-3-11-22(12-4-2)18(24)15-5-7-17(8-6-15)21-20(27)23-13-9-16(10-14-23)19(25)26/h3-8,16H,1-2,9-14H2,(H,21,27)(H,25,26). The lowest BCUT2D eigenvalue weighted by atomic mass is 9.97. The van der Waals surface area contributed by atoms with Crippen LogP contribution in [0.2, 0.25) is 0 Å². The molecule has 1 fully saturated rings. The average Bonchev–Trinajstić information content (AvgIpc) is 2.68. The van der Waals surface area contributed by atoms with Crippen LogP contribution >= 0.6 is 0 Å². The van der Waals surface area contributed by atoms with Crippen LogP contribution in [-0.4, -0.2) is 59.0 Å². The number of nitrogens with zero attached hydrogens (tertiary/aromatic N) is 2. The summed E-state index contributed by atoms with van der Waals surface area (Å²) in [4.78, 5) is 39.0. The second-order valence-corrected chi connectivity index (χ2v) is 6.39. The number of carboxylic acids is 1. The van der Waals surface area contributed by atoms with Crippen LogP contribution in [0.4, 0.5) is 10.5 Å². The molecule has 1 saturated heterocycles. The van der Waals surface area contributed by atoms with Gasteiger partial charge < -0.3 is 20.2 Å². The van der Waals surface area contributed by atoms with E-state index in [-0.39, 0.29) is 17.9 Å². The second-order valence-electron chi connectivity index (χ2n) is 6.39. The molecular formula is C20H25N3O4. The Kier molecular flexibility index (Phi) is 7.16. The van der Waals surface area contributed by atoms with Gasteiger partial charge in [0.05, 0.1) is 5.92 Å². The summed E-state index contributed by atoms with van der Waals surface area (Å²) in [5.74, 6) is -1.32.